The molecule has 2 fully saturated rings. The second kappa shape index (κ2) is 13.5. The van der Waals surface area contributed by atoms with E-state index < -0.39 is 34.1 Å². The van der Waals surface area contributed by atoms with Crippen LogP contribution in [-0.2, 0) is 28.7 Å². The van der Waals surface area contributed by atoms with Gasteiger partial charge in [0.05, 0.1) is 35.2 Å². The van der Waals surface area contributed by atoms with E-state index in [1.807, 2.05) is 17.9 Å². The van der Waals surface area contributed by atoms with E-state index in [2.05, 4.69) is 20.4 Å². The molecule has 14 nitrogen and oxygen atoms in total. The summed E-state index contributed by atoms with van der Waals surface area (Å²) in [4.78, 5) is 58.1. The topological polar surface area (TPSA) is 160 Å². The summed E-state index contributed by atoms with van der Waals surface area (Å²) in [5, 5.41) is 17.2. The van der Waals surface area contributed by atoms with Crippen molar-refractivity contribution in [3.05, 3.63) is 73.9 Å². The molecule has 3 aliphatic rings. The van der Waals surface area contributed by atoms with Crippen molar-refractivity contribution in [3.8, 4) is 5.75 Å². The summed E-state index contributed by atoms with van der Waals surface area (Å²) < 4.78 is 48.6. The smallest absolute Gasteiger partial charge is 0.417 e. The molecule has 2 saturated heterocycles. The number of carbonyl (C=O) groups excluding carboxylic acids is 2. The summed E-state index contributed by atoms with van der Waals surface area (Å²) in [6.07, 6.45) is 0.580. The summed E-state index contributed by atoms with van der Waals surface area (Å²) >= 11 is 5.97. The quantitative estimate of drug-likeness (QED) is 0.282. The van der Waals surface area contributed by atoms with Gasteiger partial charge in [0.25, 0.3) is 11.5 Å². The minimum Gasteiger partial charge on any atom is -0.504 e. The number of hydrogen-bond acceptors (Lipinski definition) is 10. The molecule has 6 heterocycles. The Morgan fingerprint density at radius 2 is 1.87 bits per heavy atom. The van der Waals surface area contributed by atoms with E-state index in [1.54, 1.807) is 16.4 Å². The van der Waals surface area contributed by atoms with Crippen LogP contribution in [0.15, 0.2) is 29.3 Å². The molecule has 0 spiro atoms. The number of benzene rings is 1. The van der Waals surface area contributed by atoms with E-state index >= 15 is 0 Å². The molecule has 3 aromatic heterocycles. The van der Waals surface area contributed by atoms with Crippen LogP contribution in [0.1, 0.15) is 65.0 Å². The highest BCUT2D eigenvalue weighted by Gasteiger charge is 2.45. The van der Waals surface area contributed by atoms with Gasteiger partial charge in [0, 0.05) is 30.9 Å². The molecule has 2 unspecified atom stereocenters. The predicted octanol–water partition coefficient (Wildman–Crippen LogP) is 4.17. The maximum Gasteiger partial charge on any atom is 0.417 e. The molecule has 18 heteroatoms. The molecule has 0 saturated carbocycles. The molecule has 2 atom stereocenters. The molecule has 2 bridgehead atoms. The zero-order valence-corrected chi connectivity index (χ0v) is 29.3. The number of aromatic hydroxyl groups is 1. The number of rotatable bonds is 7. The third-order valence-electron chi connectivity index (χ3n) is 9.84. The van der Waals surface area contributed by atoms with Crippen molar-refractivity contribution in [2.45, 2.75) is 71.3 Å². The average Bonchev–Trinajstić information content (AvgIpc) is 3.66. The number of anilines is 2. The number of nitrogens with one attached hydrogen (secondary N) is 1. The van der Waals surface area contributed by atoms with Gasteiger partial charge in [0.2, 0.25) is 11.7 Å². The molecule has 274 valence electrons. The van der Waals surface area contributed by atoms with Crippen LogP contribution in [0.25, 0.3) is 11.4 Å². The molecular formula is C34H35ClF3N9O5. The van der Waals surface area contributed by atoms with Crippen LogP contribution in [0.2, 0.25) is 5.02 Å². The van der Waals surface area contributed by atoms with Crippen molar-refractivity contribution in [1.82, 2.24) is 34.0 Å². The van der Waals surface area contributed by atoms with Crippen LogP contribution in [0.3, 0.4) is 0 Å². The van der Waals surface area contributed by atoms with Crippen LogP contribution >= 0.6 is 11.6 Å². The fourth-order valence-corrected chi connectivity index (χ4v) is 7.58. The Morgan fingerprint density at radius 3 is 2.52 bits per heavy atom. The Labute approximate surface area is 299 Å². The van der Waals surface area contributed by atoms with Crippen molar-refractivity contribution in [3.63, 3.8) is 0 Å². The third-order valence-corrected chi connectivity index (χ3v) is 10.2. The predicted molar refractivity (Wildman–Crippen MR) is 183 cm³/mol. The maximum atomic E-state index is 14.5. The molecule has 3 aliphatic heterocycles. The lowest BCUT2D eigenvalue weighted by molar-refractivity contribution is -0.137. The first kappa shape index (κ1) is 35.4. The highest BCUT2D eigenvalue weighted by Crippen LogP contribution is 2.39. The number of hydrogen-bond donors (Lipinski definition) is 2. The van der Waals surface area contributed by atoms with E-state index in [0.29, 0.717) is 56.1 Å². The number of nitrogens with zero attached hydrogens (tertiary/aromatic N) is 8. The number of piperazine rings is 1. The first-order chi connectivity index (χ1) is 24.8. The van der Waals surface area contributed by atoms with Gasteiger partial charge in [-0.15, -0.1) is 5.10 Å². The zero-order valence-electron chi connectivity index (χ0n) is 28.5. The highest BCUT2D eigenvalue weighted by molar-refractivity contribution is 6.31. The Kier molecular flexibility index (Phi) is 9.19. The highest BCUT2D eigenvalue weighted by atomic mass is 35.5. The van der Waals surface area contributed by atoms with Crippen LogP contribution in [0.5, 0.6) is 5.75 Å². The average molecular weight is 742 g/mol. The molecule has 2 N–H and O–H groups in total. The molecule has 1 aromatic carbocycles. The Bertz CT molecular complexity index is 2190. The number of likely N-dealkylation sites (tertiary alicyclic amines) is 1. The number of fused-ring (bicyclic) bond motifs is 3. The SMILES string of the molecule is CCc1c(N2C3CCC2CN(C(=O)c2ncnc(C)c2O)C3)c(=O)n2nc(C3=CCOCC3)nc2n1CC(=O)Nc1cc(Cl)c(C(F)(F)F)cc1C. The van der Waals surface area contributed by atoms with E-state index in [-0.39, 0.29) is 65.9 Å². The van der Waals surface area contributed by atoms with Crippen LogP contribution in [0.4, 0.5) is 24.5 Å². The van der Waals surface area contributed by atoms with E-state index in [4.69, 9.17) is 21.3 Å². The molecule has 4 aromatic rings. The molecule has 0 radical (unpaired) electrons. The minimum absolute atomic E-state index is 0.0912. The third kappa shape index (κ3) is 6.25. The van der Waals surface area contributed by atoms with Crippen molar-refractivity contribution in [2.75, 3.05) is 36.5 Å². The first-order valence-corrected chi connectivity index (χ1v) is 17.2. The van der Waals surface area contributed by atoms with Gasteiger partial charge in [-0.05, 0) is 62.8 Å². The lowest BCUT2D eigenvalue weighted by atomic mass is 10.1. The monoisotopic (exact) mass is 741 g/mol. The second-order valence-corrected chi connectivity index (χ2v) is 13.5. The summed E-state index contributed by atoms with van der Waals surface area (Å²) in [6.45, 7) is 5.83. The van der Waals surface area contributed by atoms with E-state index in [1.165, 1.54) is 17.8 Å². The second-order valence-electron chi connectivity index (χ2n) is 13.1. The summed E-state index contributed by atoms with van der Waals surface area (Å²) in [5.41, 5.74) is 0.649. The van der Waals surface area contributed by atoms with Crippen molar-refractivity contribution in [2.24, 2.45) is 0 Å². The molecule has 7 rings (SSSR count). The Hall–Kier alpha value is -5.03. The van der Waals surface area contributed by atoms with Gasteiger partial charge in [-0.25, -0.2) is 9.97 Å². The van der Waals surface area contributed by atoms with E-state index in [0.717, 1.165) is 17.7 Å². The molecule has 52 heavy (non-hydrogen) atoms. The number of halogens is 4. The van der Waals surface area contributed by atoms with Crippen molar-refractivity contribution < 1.29 is 32.6 Å². The Balaban J connectivity index is 1.28. The van der Waals surface area contributed by atoms with E-state index in [9.17, 15) is 32.7 Å². The summed E-state index contributed by atoms with van der Waals surface area (Å²) in [7, 11) is 0. The molecular weight excluding hydrogens is 707 g/mol. The standard InChI is InChI=1S/C34H35ClF3N9O5/c1-4-25-28(46-20-5-6-21(46)14-44(13-20)31(50)27-29(49)18(3)39-16-40-27)32(51)47-33(42-30(43-47)19-7-9-52-10-8-19)45(25)15-26(48)41-24-12-23(35)22(11-17(24)2)34(36,37)38/h7,11-12,16,20-21,49H,4-6,8-10,13-15H2,1-3H3,(H,41,48). The van der Waals surface area contributed by atoms with Crippen molar-refractivity contribution >= 4 is 46.1 Å². The fourth-order valence-electron chi connectivity index (χ4n) is 7.31. The number of alkyl halides is 3. The first-order valence-electron chi connectivity index (χ1n) is 16.8. The lowest BCUT2D eigenvalue weighted by Gasteiger charge is -2.42. The van der Waals surface area contributed by atoms with Gasteiger partial charge in [0.15, 0.2) is 17.3 Å². The maximum absolute atomic E-state index is 14.5. The zero-order chi connectivity index (χ0) is 37.1. The van der Waals surface area contributed by atoms with Gasteiger partial charge >= 0.3 is 6.18 Å². The number of carbonyl (C=O) groups is 2. The normalized spacial score (nSPS) is 18.9. The van der Waals surface area contributed by atoms with Crippen LogP contribution in [-0.4, -0.2) is 89.3 Å². The number of aryl methyl sites for hydroxylation is 2. The van der Waals surface area contributed by atoms with Gasteiger partial charge in [-0.2, -0.15) is 22.7 Å². The van der Waals surface area contributed by atoms with Crippen LogP contribution < -0.4 is 15.8 Å². The summed E-state index contributed by atoms with van der Waals surface area (Å²) in [6, 6.07) is 1.40. The van der Waals surface area contributed by atoms with Gasteiger partial charge < -0.3 is 29.5 Å². The largest absolute Gasteiger partial charge is 0.504 e. The van der Waals surface area contributed by atoms with Gasteiger partial charge in [-0.3, -0.25) is 14.4 Å². The fraction of sp³-hybridized carbons (Fsp3) is 0.441. The lowest BCUT2D eigenvalue weighted by Crippen LogP contribution is -2.57. The number of amides is 2. The summed E-state index contributed by atoms with van der Waals surface area (Å²) in [5.74, 6) is -0.862. The van der Waals surface area contributed by atoms with Crippen molar-refractivity contribution in [1.29, 1.82) is 0 Å². The number of aromatic nitrogens is 6. The number of ether oxygens (including phenoxy) is 1. The Morgan fingerprint density at radius 1 is 1.13 bits per heavy atom. The minimum atomic E-state index is -4.67. The van der Waals surface area contributed by atoms with Crippen LogP contribution in [0, 0.1) is 13.8 Å². The van der Waals surface area contributed by atoms with Gasteiger partial charge in [0.1, 0.15) is 18.6 Å². The molecule has 2 amide bonds. The van der Waals surface area contributed by atoms with Gasteiger partial charge in [-0.1, -0.05) is 24.6 Å². The molecule has 0 aliphatic carbocycles.